The van der Waals surface area contributed by atoms with Gasteiger partial charge in [-0.05, 0) is 12.8 Å². The second-order valence-electron chi connectivity index (χ2n) is 2.58. The molecule has 66 valence electrons. The largest absolute Gasteiger partial charge is 0.396 e. The number of aliphatic hydroxyl groups is 1. The second-order valence-corrected chi connectivity index (χ2v) is 2.58. The molecule has 1 atom stereocenters. The Bertz CT molecular complexity index is 91.6. The molecule has 0 aliphatic rings. The summed E-state index contributed by atoms with van der Waals surface area (Å²) in [7, 11) is 1.69. The first-order valence-electron chi connectivity index (χ1n) is 4.11. The van der Waals surface area contributed by atoms with Gasteiger partial charge < -0.3 is 9.84 Å². The molecule has 11 heavy (non-hydrogen) atoms. The molecular formula is C9H18O2. The van der Waals surface area contributed by atoms with Crippen molar-refractivity contribution in [2.75, 3.05) is 13.7 Å². The summed E-state index contributed by atoms with van der Waals surface area (Å²) in [5, 5.41) is 8.49. The fourth-order valence-electron chi connectivity index (χ4n) is 0.966. The molecule has 0 aromatic rings. The molecule has 0 aromatic heterocycles. The molecule has 0 radical (unpaired) electrons. The van der Waals surface area contributed by atoms with E-state index in [-0.39, 0.29) is 6.10 Å². The van der Waals surface area contributed by atoms with Crippen LogP contribution in [0, 0.1) is 0 Å². The number of hydrogen-bond acceptors (Lipinski definition) is 2. The van der Waals surface area contributed by atoms with E-state index in [2.05, 4.69) is 6.58 Å². The van der Waals surface area contributed by atoms with Crippen molar-refractivity contribution in [3.63, 3.8) is 0 Å². The van der Waals surface area contributed by atoms with Gasteiger partial charge in [0.25, 0.3) is 0 Å². The van der Waals surface area contributed by atoms with Crippen LogP contribution in [0.5, 0.6) is 0 Å². The maximum atomic E-state index is 8.49. The Morgan fingerprint density at radius 1 is 1.45 bits per heavy atom. The van der Waals surface area contributed by atoms with Gasteiger partial charge in [0.2, 0.25) is 0 Å². The van der Waals surface area contributed by atoms with Crippen LogP contribution < -0.4 is 0 Å². The predicted molar refractivity (Wildman–Crippen MR) is 46.5 cm³/mol. The minimum atomic E-state index is 0.189. The highest BCUT2D eigenvalue weighted by Gasteiger charge is 1.99. The van der Waals surface area contributed by atoms with Crippen LogP contribution in [0.3, 0.4) is 0 Å². The number of rotatable bonds is 7. The predicted octanol–water partition coefficient (Wildman–Crippen LogP) is 1.74. The van der Waals surface area contributed by atoms with Gasteiger partial charge in [-0.15, -0.1) is 6.58 Å². The third-order valence-electron chi connectivity index (χ3n) is 1.71. The summed E-state index contributed by atoms with van der Waals surface area (Å²) >= 11 is 0. The van der Waals surface area contributed by atoms with Gasteiger partial charge in [-0.2, -0.15) is 0 Å². The van der Waals surface area contributed by atoms with Crippen molar-refractivity contribution in [1.29, 1.82) is 0 Å². The Morgan fingerprint density at radius 2 is 2.18 bits per heavy atom. The van der Waals surface area contributed by atoms with Crippen LogP contribution in [0.15, 0.2) is 12.7 Å². The fraction of sp³-hybridized carbons (Fsp3) is 0.778. The highest BCUT2D eigenvalue weighted by atomic mass is 16.5. The lowest BCUT2D eigenvalue weighted by Gasteiger charge is -2.08. The molecule has 2 nitrogen and oxygen atoms in total. The van der Waals surface area contributed by atoms with Crippen molar-refractivity contribution in [3.8, 4) is 0 Å². The SMILES string of the molecule is C=C[C@H](CCCCCO)OC. The van der Waals surface area contributed by atoms with Crippen molar-refractivity contribution in [1.82, 2.24) is 0 Å². The number of unbranched alkanes of at least 4 members (excludes halogenated alkanes) is 2. The van der Waals surface area contributed by atoms with Crippen LogP contribution in [-0.2, 0) is 4.74 Å². The molecule has 2 heteroatoms. The lowest BCUT2D eigenvalue weighted by Crippen LogP contribution is -2.05. The van der Waals surface area contributed by atoms with Gasteiger partial charge in [-0.1, -0.05) is 18.9 Å². The average Bonchev–Trinajstić information content (AvgIpc) is 2.05. The van der Waals surface area contributed by atoms with Crippen LogP contribution in [0.25, 0.3) is 0 Å². The standard InChI is InChI=1S/C9H18O2/c1-3-9(11-2)7-5-4-6-8-10/h3,9-10H,1,4-8H2,2H3/t9-/m1/s1. The zero-order chi connectivity index (χ0) is 8.53. The Hall–Kier alpha value is -0.340. The summed E-state index contributed by atoms with van der Waals surface area (Å²) < 4.78 is 5.10. The van der Waals surface area contributed by atoms with Crippen molar-refractivity contribution in [2.24, 2.45) is 0 Å². The normalized spacial score (nSPS) is 12.9. The molecule has 0 bridgehead atoms. The van der Waals surface area contributed by atoms with Crippen LogP contribution in [-0.4, -0.2) is 24.9 Å². The van der Waals surface area contributed by atoms with Crippen molar-refractivity contribution >= 4 is 0 Å². The van der Waals surface area contributed by atoms with E-state index < -0.39 is 0 Å². The van der Waals surface area contributed by atoms with Gasteiger partial charge in [0.15, 0.2) is 0 Å². The summed E-state index contributed by atoms with van der Waals surface area (Å²) in [4.78, 5) is 0. The molecule has 0 fully saturated rings. The van der Waals surface area contributed by atoms with Gasteiger partial charge in [0.05, 0.1) is 6.10 Å². The van der Waals surface area contributed by atoms with E-state index in [1.54, 1.807) is 7.11 Å². The molecule has 0 heterocycles. The lowest BCUT2D eigenvalue weighted by atomic mass is 10.1. The molecule has 0 rings (SSSR count). The zero-order valence-electron chi connectivity index (χ0n) is 7.25. The van der Waals surface area contributed by atoms with Crippen molar-refractivity contribution < 1.29 is 9.84 Å². The highest BCUT2D eigenvalue weighted by Crippen LogP contribution is 2.06. The maximum Gasteiger partial charge on any atom is 0.0749 e. The second kappa shape index (κ2) is 7.76. The first kappa shape index (κ1) is 10.7. The Labute approximate surface area is 68.9 Å². The topological polar surface area (TPSA) is 29.5 Å². The Kier molecular flexibility index (Phi) is 7.52. The average molecular weight is 158 g/mol. The molecule has 0 unspecified atom stereocenters. The fourth-order valence-corrected chi connectivity index (χ4v) is 0.966. The van der Waals surface area contributed by atoms with Gasteiger partial charge in [0.1, 0.15) is 0 Å². The Morgan fingerprint density at radius 3 is 2.64 bits per heavy atom. The highest BCUT2D eigenvalue weighted by molar-refractivity contribution is 4.78. The van der Waals surface area contributed by atoms with E-state index >= 15 is 0 Å². The molecule has 0 saturated carbocycles. The molecule has 0 saturated heterocycles. The van der Waals surface area contributed by atoms with Gasteiger partial charge >= 0.3 is 0 Å². The minimum absolute atomic E-state index is 0.189. The molecule has 0 aliphatic heterocycles. The number of methoxy groups -OCH3 is 1. The summed E-state index contributed by atoms with van der Waals surface area (Å²) in [6, 6.07) is 0. The summed E-state index contributed by atoms with van der Waals surface area (Å²) in [5.74, 6) is 0. The summed E-state index contributed by atoms with van der Waals surface area (Å²) in [5.41, 5.74) is 0. The maximum absolute atomic E-state index is 8.49. The molecule has 0 aromatic carbocycles. The van der Waals surface area contributed by atoms with Crippen LogP contribution >= 0.6 is 0 Å². The van der Waals surface area contributed by atoms with E-state index in [1.807, 2.05) is 6.08 Å². The van der Waals surface area contributed by atoms with Crippen molar-refractivity contribution in [2.45, 2.75) is 31.8 Å². The zero-order valence-corrected chi connectivity index (χ0v) is 7.25. The van der Waals surface area contributed by atoms with Crippen molar-refractivity contribution in [3.05, 3.63) is 12.7 Å². The summed E-state index contributed by atoms with van der Waals surface area (Å²) in [6.45, 7) is 3.95. The Balaban J connectivity index is 3.14. The molecule has 1 N–H and O–H groups in total. The number of hydrogen-bond donors (Lipinski definition) is 1. The van der Waals surface area contributed by atoms with E-state index in [4.69, 9.17) is 9.84 Å². The first-order valence-corrected chi connectivity index (χ1v) is 4.11. The lowest BCUT2D eigenvalue weighted by molar-refractivity contribution is 0.130. The third-order valence-corrected chi connectivity index (χ3v) is 1.71. The van der Waals surface area contributed by atoms with Gasteiger partial charge in [-0.25, -0.2) is 0 Å². The smallest absolute Gasteiger partial charge is 0.0749 e. The van der Waals surface area contributed by atoms with Gasteiger partial charge in [0, 0.05) is 13.7 Å². The first-order chi connectivity index (χ1) is 5.35. The number of aliphatic hydroxyl groups excluding tert-OH is 1. The molecule has 0 aliphatic carbocycles. The van der Waals surface area contributed by atoms with E-state index in [0.29, 0.717) is 6.61 Å². The molecule has 0 spiro atoms. The summed E-state index contributed by atoms with van der Waals surface area (Å²) in [6.07, 6.45) is 6.09. The molecular weight excluding hydrogens is 140 g/mol. The number of ether oxygens (including phenoxy) is 1. The minimum Gasteiger partial charge on any atom is -0.396 e. The molecule has 0 amide bonds. The monoisotopic (exact) mass is 158 g/mol. The van der Waals surface area contributed by atoms with E-state index in [1.165, 1.54) is 0 Å². The quantitative estimate of drug-likeness (QED) is 0.451. The van der Waals surface area contributed by atoms with Crippen LogP contribution in [0.2, 0.25) is 0 Å². The van der Waals surface area contributed by atoms with Gasteiger partial charge in [-0.3, -0.25) is 0 Å². The van der Waals surface area contributed by atoms with Crippen LogP contribution in [0.1, 0.15) is 25.7 Å². The van der Waals surface area contributed by atoms with Crippen LogP contribution in [0.4, 0.5) is 0 Å². The third kappa shape index (κ3) is 6.07. The van der Waals surface area contributed by atoms with E-state index in [9.17, 15) is 0 Å². The van der Waals surface area contributed by atoms with E-state index in [0.717, 1.165) is 25.7 Å².